The molecular formula is C7H12O. The molecular weight excluding hydrogens is 100 g/mol. The van der Waals surface area contributed by atoms with E-state index in [1.807, 2.05) is 26.8 Å². The van der Waals surface area contributed by atoms with Gasteiger partial charge in [-0.25, -0.2) is 0 Å². The van der Waals surface area contributed by atoms with Gasteiger partial charge in [0.25, 0.3) is 0 Å². The summed E-state index contributed by atoms with van der Waals surface area (Å²) in [6.07, 6.45) is 2.75. The first-order valence-corrected chi connectivity index (χ1v) is 2.83. The van der Waals surface area contributed by atoms with Crippen LogP contribution in [0.2, 0.25) is 0 Å². The summed E-state index contributed by atoms with van der Waals surface area (Å²) in [5.74, 6) is 0.373. The summed E-state index contributed by atoms with van der Waals surface area (Å²) >= 11 is 0. The van der Waals surface area contributed by atoms with Crippen molar-refractivity contribution in [2.24, 2.45) is 5.92 Å². The molecule has 0 aromatic rings. The summed E-state index contributed by atoms with van der Waals surface area (Å²) in [6.45, 7) is 5.89. The largest absolute Gasteiger partial charge is 0.298 e. The Morgan fingerprint density at radius 2 is 2.00 bits per heavy atom. The van der Waals surface area contributed by atoms with Crippen molar-refractivity contribution in [2.45, 2.75) is 20.8 Å². The van der Waals surface area contributed by atoms with Crippen LogP contribution in [0.1, 0.15) is 20.8 Å². The molecule has 0 aliphatic heterocycles. The molecule has 0 unspecified atom stereocenters. The van der Waals surface area contributed by atoms with Crippen LogP contribution < -0.4 is 0 Å². The smallest absolute Gasteiger partial charge is 0.145 e. The van der Waals surface area contributed by atoms with Gasteiger partial charge in [-0.3, -0.25) is 4.79 Å². The van der Waals surface area contributed by atoms with Gasteiger partial charge in [0.05, 0.1) is 0 Å². The molecule has 0 N–H and O–H groups in total. The van der Waals surface area contributed by atoms with Crippen LogP contribution >= 0.6 is 0 Å². The monoisotopic (exact) mass is 112 g/mol. The van der Waals surface area contributed by atoms with Crippen molar-refractivity contribution >= 4 is 6.29 Å². The lowest BCUT2D eigenvalue weighted by atomic mass is 10.1. The molecule has 46 valence electrons. The molecule has 1 nitrogen and oxygen atoms in total. The van der Waals surface area contributed by atoms with E-state index >= 15 is 0 Å². The fourth-order valence-electron chi connectivity index (χ4n) is 0.537. The van der Waals surface area contributed by atoms with E-state index in [0.29, 0.717) is 5.92 Å². The predicted molar refractivity (Wildman–Crippen MR) is 34.7 cm³/mol. The number of carbonyl (C=O) groups excluding carboxylic acids is 1. The molecule has 0 aliphatic carbocycles. The highest BCUT2D eigenvalue weighted by Gasteiger charge is 1.96. The molecule has 0 atom stereocenters. The lowest BCUT2D eigenvalue weighted by Gasteiger charge is -1.99. The molecule has 0 fully saturated rings. The highest BCUT2D eigenvalue weighted by atomic mass is 16.1. The molecule has 0 saturated heterocycles. The van der Waals surface area contributed by atoms with Gasteiger partial charge in [-0.1, -0.05) is 19.9 Å². The molecule has 0 aromatic carbocycles. The predicted octanol–water partition coefficient (Wildman–Crippen LogP) is 1.79. The minimum Gasteiger partial charge on any atom is -0.298 e. The van der Waals surface area contributed by atoms with E-state index < -0.39 is 0 Å². The normalized spacial score (nSPS) is 12.2. The molecule has 0 bridgehead atoms. The van der Waals surface area contributed by atoms with Gasteiger partial charge in [-0.15, -0.1) is 0 Å². The van der Waals surface area contributed by atoms with E-state index in [2.05, 4.69) is 0 Å². The summed E-state index contributed by atoms with van der Waals surface area (Å²) < 4.78 is 0. The quantitative estimate of drug-likeness (QED) is 0.393. The SMILES string of the molecule is C/C=C(/C=O)C(C)C. The summed E-state index contributed by atoms with van der Waals surface area (Å²) in [5.41, 5.74) is 0.880. The first-order chi connectivity index (χ1) is 3.72. The van der Waals surface area contributed by atoms with Crippen LogP contribution in [0.3, 0.4) is 0 Å². The number of rotatable bonds is 2. The van der Waals surface area contributed by atoms with Crippen LogP contribution in [0.5, 0.6) is 0 Å². The van der Waals surface area contributed by atoms with Gasteiger partial charge < -0.3 is 0 Å². The second-order valence-corrected chi connectivity index (χ2v) is 2.06. The fourth-order valence-corrected chi connectivity index (χ4v) is 0.537. The Morgan fingerprint density at radius 3 is 2.00 bits per heavy atom. The molecule has 0 heterocycles. The number of allylic oxidation sites excluding steroid dienone is 2. The lowest BCUT2D eigenvalue weighted by molar-refractivity contribution is -0.105. The summed E-state index contributed by atoms with van der Waals surface area (Å²) in [4.78, 5) is 10.1. The lowest BCUT2D eigenvalue weighted by Crippen LogP contribution is -1.93. The van der Waals surface area contributed by atoms with E-state index in [0.717, 1.165) is 11.9 Å². The maximum atomic E-state index is 10.1. The van der Waals surface area contributed by atoms with E-state index in [1.54, 1.807) is 0 Å². The van der Waals surface area contributed by atoms with Gasteiger partial charge in [-0.2, -0.15) is 0 Å². The Morgan fingerprint density at radius 1 is 1.50 bits per heavy atom. The maximum Gasteiger partial charge on any atom is 0.145 e. The number of hydrogen-bond donors (Lipinski definition) is 0. The third-order valence-corrected chi connectivity index (χ3v) is 1.14. The Kier molecular flexibility index (Phi) is 3.16. The van der Waals surface area contributed by atoms with Gasteiger partial charge in [-0.05, 0) is 18.4 Å². The van der Waals surface area contributed by atoms with Crippen LogP contribution in [0.4, 0.5) is 0 Å². The van der Waals surface area contributed by atoms with Crippen molar-refractivity contribution in [2.75, 3.05) is 0 Å². The zero-order valence-electron chi connectivity index (χ0n) is 5.64. The molecule has 0 rings (SSSR count). The van der Waals surface area contributed by atoms with Crippen LogP contribution in [0.25, 0.3) is 0 Å². The van der Waals surface area contributed by atoms with Crippen molar-refractivity contribution in [3.8, 4) is 0 Å². The topological polar surface area (TPSA) is 17.1 Å². The summed E-state index contributed by atoms with van der Waals surface area (Å²) in [5, 5.41) is 0. The molecule has 0 amide bonds. The molecule has 8 heavy (non-hydrogen) atoms. The van der Waals surface area contributed by atoms with Crippen LogP contribution in [0.15, 0.2) is 11.6 Å². The Bertz CT molecular complexity index is 101. The molecule has 1 heteroatoms. The van der Waals surface area contributed by atoms with Gasteiger partial charge >= 0.3 is 0 Å². The highest BCUT2D eigenvalue weighted by molar-refractivity contribution is 5.73. The molecule has 0 aliphatic rings. The summed E-state index contributed by atoms with van der Waals surface area (Å²) in [6, 6.07) is 0. The molecule has 0 aromatic heterocycles. The van der Waals surface area contributed by atoms with Gasteiger partial charge in [0.2, 0.25) is 0 Å². The molecule has 0 saturated carbocycles. The van der Waals surface area contributed by atoms with Crippen LogP contribution in [0, 0.1) is 5.92 Å². The minimum absolute atomic E-state index is 0.373. The van der Waals surface area contributed by atoms with Gasteiger partial charge in [0, 0.05) is 0 Å². The fraction of sp³-hybridized carbons (Fsp3) is 0.571. The van der Waals surface area contributed by atoms with E-state index in [-0.39, 0.29) is 0 Å². The maximum absolute atomic E-state index is 10.1. The number of carbonyl (C=O) groups is 1. The van der Waals surface area contributed by atoms with Crippen molar-refractivity contribution in [3.63, 3.8) is 0 Å². The average Bonchev–Trinajstić information content (AvgIpc) is 1.69. The standard InChI is InChI=1S/C7H12O/c1-4-7(5-8)6(2)3/h4-6H,1-3H3/b7-4-. The highest BCUT2D eigenvalue weighted by Crippen LogP contribution is 2.04. The molecule has 0 radical (unpaired) electrons. The third kappa shape index (κ3) is 1.92. The second-order valence-electron chi connectivity index (χ2n) is 2.06. The number of hydrogen-bond acceptors (Lipinski definition) is 1. The number of aldehydes is 1. The van der Waals surface area contributed by atoms with Crippen molar-refractivity contribution < 1.29 is 4.79 Å². The zero-order valence-corrected chi connectivity index (χ0v) is 5.64. The summed E-state index contributed by atoms with van der Waals surface area (Å²) in [7, 11) is 0. The Labute approximate surface area is 50.4 Å². The second kappa shape index (κ2) is 3.42. The van der Waals surface area contributed by atoms with Crippen LogP contribution in [-0.2, 0) is 4.79 Å². The van der Waals surface area contributed by atoms with Gasteiger partial charge in [0.15, 0.2) is 0 Å². The zero-order chi connectivity index (χ0) is 6.57. The molecule has 0 spiro atoms. The average molecular weight is 112 g/mol. The third-order valence-electron chi connectivity index (χ3n) is 1.14. The van der Waals surface area contributed by atoms with Crippen molar-refractivity contribution in [3.05, 3.63) is 11.6 Å². The van der Waals surface area contributed by atoms with E-state index in [4.69, 9.17) is 0 Å². The van der Waals surface area contributed by atoms with Gasteiger partial charge in [0.1, 0.15) is 6.29 Å². The Balaban J connectivity index is 3.91. The van der Waals surface area contributed by atoms with Crippen molar-refractivity contribution in [1.29, 1.82) is 0 Å². The first-order valence-electron chi connectivity index (χ1n) is 2.83. The van der Waals surface area contributed by atoms with Crippen LogP contribution in [-0.4, -0.2) is 6.29 Å². The first kappa shape index (κ1) is 7.41. The minimum atomic E-state index is 0.373. The van der Waals surface area contributed by atoms with E-state index in [1.165, 1.54) is 0 Å². The van der Waals surface area contributed by atoms with Crippen molar-refractivity contribution in [1.82, 2.24) is 0 Å². The Hall–Kier alpha value is -0.590. The van der Waals surface area contributed by atoms with E-state index in [9.17, 15) is 4.79 Å².